The molecule has 0 aliphatic heterocycles. The predicted molar refractivity (Wildman–Crippen MR) is 143 cm³/mol. The summed E-state index contributed by atoms with van der Waals surface area (Å²) in [6, 6.07) is 19.5. The molecular weight excluding hydrogens is 490 g/mol. The molecule has 0 unspecified atom stereocenters. The number of carbonyl (C=O) groups excluding carboxylic acids is 1. The van der Waals surface area contributed by atoms with E-state index in [1.807, 2.05) is 48.7 Å². The van der Waals surface area contributed by atoms with Gasteiger partial charge in [-0.25, -0.2) is 13.1 Å². The lowest BCUT2D eigenvalue weighted by Crippen LogP contribution is -2.39. The summed E-state index contributed by atoms with van der Waals surface area (Å²) in [6.07, 6.45) is 3.44. The minimum Gasteiger partial charge on any atom is -0.495 e. The van der Waals surface area contributed by atoms with Gasteiger partial charge in [0.05, 0.1) is 13.7 Å². The zero-order valence-electron chi connectivity index (χ0n) is 20.8. The Labute approximate surface area is 216 Å². The third-order valence-electron chi connectivity index (χ3n) is 6.35. The van der Waals surface area contributed by atoms with Crippen molar-refractivity contribution in [3.05, 3.63) is 95.2 Å². The number of amides is 1. The van der Waals surface area contributed by atoms with E-state index in [-0.39, 0.29) is 23.2 Å². The number of aliphatic hydroxyl groups is 1. The molecule has 8 nitrogen and oxygen atoms in total. The summed E-state index contributed by atoms with van der Waals surface area (Å²) in [5.74, 6) is 0.0879. The predicted octanol–water partition coefficient (Wildman–Crippen LogP) is 3.20. The van der Waals surface area contributed by atoms with E-state index in [1.54, 1.807) is 31.3 Å². The van der Waals surface area contributed by atoms with Crippen molar-refractivity contribution in [1.82, 2.24) is 15.0 Å². The minimum absolute atomic E-state index is 0.0276. The molecule has 194 valence electrons. The topological polar surface area (TPSA) is 121 Å². The number of sulfonamides is 1. The van der Waals surface area contributed by atoms with Gasteiger partial charge in [0.15, 0.2) is 0 Å². The third-order valence-corrected chi connectivity index (χ3v) is 7.89. The molecule has 1 heterocycles. The van der Waals surface area contributed by atoms with E-state index in [1.165, 1.54) is 7.11 Å². The van der Waals surface area contributed by atoms with E-state index >= 15 is 0 Å². The van der Waals surface area contributed by atoms with Crippen molar-refractivity contribution in [2.45, 2.75) is 30.2 Å². The SMILES string of the molecule is CNC(=O)c1ccc(CCc2ccc(OC)c(S(=O)(=O)N[C@@H](CO)Cc3c[nH]c4ccccc34)c2)cc1. The number of para-hydroxylation sites is 1. The number of aliphatic hydroxyl groups excluding tert-OH is 1. The van der Waals surface area contributed by atoms with Crippen molar-refractivity contribution in [3.8, 4) is 5.75 Å². The number of rotatable bonds is 11. The molecule has 4 rings (SSSR count). The van der Waals surface area contributed by atoms with Gasteiger partial charge in [0.2, 0.25) is 10.0 Å². The van der Waals surface area contributed by atoms with Gasteiger partial charge in [-0.15, -0.1) is 0 Å². The second-order valence-corrected chi connectivity index (χ2v) is 10.5. The van der Waals surface area contributed by atoms with Crippen molar-refractivity contribution in [1.29, 1.82) is 0 Å². The van der Waals surface area contributed by atoms with Crippen LogP contribution in [-0.2, 0) is 29.3 Å². The Morgan fingerprint density at radius 1 is 1.03 bits per heavy atom. The molecule has 4 N–H and O–H groups in total. The van der Waals surface area contributed by atoms with Crippen LogP contribution < -0.4 is 14.8 Å². The molecule has 0 aliphatic rings. The van der Waals surface area contributed by atoms with E-state index in [4.69, 9.17) is 4.74 Å². The molecule has 0 aliphatic carbocycles. The van der Waals surface area contributed by atoms with E-state index in [0.717, 1.165) is 27.6 Å². The maximum absolute atomic E-state index is 13.4. The second-order valence-electron chi connectivity index (χ2n) is 8.83. The number of H-pyrrole nitrogens is 1. The summed E-state index contributed by atoms with van der Waals surface area (Å²) in [7, 11) is -0.967. The van der Waals surface area contributed by atoms with Crippen LogP contribution in [0.3, 0.4) is 0 Å². The number of hydrogen-bond acceptors (Lipinski definition) is 5. The largest absolute Gasteiger partial charge is 0.495 e. The molecule has 0 saturated heterocycles. The fourth-order valence-corrected chi connectivity index (χ4v) is 5.78. The minimum atomic E-state index is -3.98. The van der Waals surface area contributed by atoms with Gasteiger partial charge in [0.25, 0.3) is 5.91 Å². The van der Waals surface area contributed by atoms with E-state index in [2.05, 4.69) is 15.0 Å². The number of hydrogen-bond donors (Lipinski definition) is 4. The smallest absolute Gasteiger partial charge is 0.251 e. The number of ether oxygens (including phenoxy) is 1. The molecule has 0 bridgehead atoms. The lowest BCUT2D eigenvalue weighted by molar-refractivity contribution is 0.0963. The first-order valence-electron chi connectivity index (χ1n) is 12.0. The Balaban J connectivity index is 1.50. The molecule has 0 fully saturated rings. The summed E-state index contributed by atoms with van der Waals surface area (Å²) >= 11 is 0. The number of nitrogens with one attached hydrogen (secondary N) is 3. The first-order chi connectivity index (χ1) is 17.8. The van der Waals surface area contributed by atoms with Gasteiger partial charge in [-0.2, -0.15) is 0 Å². The lowest BCUT2D eigenvalue weighted by atomic mass is 10.0. The molecular formula is C28H31N3O5S. The Morgan fingerprint density at radius 3 is 2.43 bits per heavy atom. The van der Waals surface area contributed by atoms with Crippen LogP contribution in [0.2, 0.25) is 0 Å². The summed E-state index contributed by atoms with van der Waals surface area (Å²) < 4.78 is 34.8. The first kappa shape index (κ1) is 26.4. The van der Waals surface area contributed by atoms with Gasteiger partial charge < -0.3 is 20.1 Å². The Hall–Kier alpha value is -3.66. The fourth-order valence-electron chi connectivity index (χ4n) is 4.33. The zero-order valence-corrected chi connectivity index (χ0v) is 21.6. The molecule has 0 radical (unpaired) electrons. The summed E-state index contributed by atoms with van der Waals surface area (Å²) in [5, 5.41) is 13.6. The molecule has 0 spiro atoms. The van der Waals surface area contributed by atoms with Crippen molar-refractivity contribution in [3.63, 3.8) is 0 Å². The van der Waals surface area contributed by atoms with Crippen LogP contribution in [0.1, 0.15) is 27.0 Å². The molecule has 1 atom stereocenters. The highest BCUT2D eigenvalue weighted by atomic mass is 32.2. The highest BCUT2D eigenvalue weighted by molar-refractivity contribution is 7.89. The first-order valence-corrected chi connectivity index (χ1v) is 13.5. The number of methoxy groups -OCH3 is 1. The highest BCUT2D eigenvalue weighted by Crippen LogP contribution is 2.27. The van der Waals surface area contributed by atoms with Gasteiger partial charge in [-0.05, 0) is 66.3 Å². The van der Waals surface area contributed by atoms with Gasteiger partial charge in [0.1, 0.15) is 10.6 Å². The molecule has 3 aromatic carbocycles. The number of fused-ring (bicyclic) bond motifs is 1. The maximum Gasteiger partial charge on any atom is 0.251 e. The van der Waals surface area contributed by atoms with E-state index in [9.17, 15) is 18.3 Å². The Morgan fingerprint density at radius 2 is 1.73 bits per heavy atom. The normalized spacial score (nSPS) is 12.4. The van der Waals surface area contributed by atoms with Crippen molar-refractivity contribution in [2.24, 2.45) is 0 Å². The lowest BCUT2D eigenvalue weighted by Gasteiger charge is -2.18. The van der Waals surface area contributed by atoms with Crippen LogP contribution in [0.5, 0.6) is 5.75 Å². The van der Waals surface area contributed by atoms with E-state index in [0.29, 0.717) is 24.8 Å². The van der Waals surface area contributed by atoms with Gasteiger partial charge in [0, 0.05) is 35.8 Å². The molecule has 1 amide bonds. The number of aromatic nitrogens is 1. The number of aryl methyl sites for hydroxylation is 2. The average molecular weight is 522 g/mol. The van der Waals surface area contributed by atoms with Crippen LogP contribution >= 0.6 is 0 Å². The monoisotopic (exact) mass is 521 g/mol. The van der Waals surface area contributed by atoms with Crippen molar-refractivity contribution < 1.29 is 23.1 Å². The molecule has 37 heavy (non-hydrogen) atoms. The number of aromatic amines is 1. The summed E-state index contributed by atoms with van der Waals surface area (Å²) in [6.45, 7) is -0.354. The summed E-state index contributed by atoms with van der Waals surface area (Å²) in [5.41, 5.74) is 4.32. The Bertz CT molecular complexity index is 1480. The number of carbonyl (C=O) groups is 1. The maximum atomic E-state index is 13.4. The second kappa shape index (κ2) is 11.6. The van der Waals surface area contributed by atoms with Crippen LogP contribution in [-0.4, -0.2) is 51.2 Å². The molecule has 9 heteroatoms. The van der Waals surface area contributed by atoms with Crippen LogP contribution in [0.15, 0.2) is 77.8 Å². The zero-order chi connectivity index (χ0) is 26.4. The van der Waals surface area contributed by atoms with Crippen LogP contribution in [0.25, 0.3) is 10.9 Å². The standard InChI is InChI=1S/C28H31N3O5S/c1-29-28(33)21-12-9-19(10-13-21)7-8-20-11-14-26(36-2)27(15-20)37(34,35)31-23(18-32)16-22-17-30-25-6-4-3-5-24(22)25/h3-6,9-15,17,23,30-32H,7-8,16,18H2,1-2H3,(H,29,33)/t23-/m1/s1. The van der Waals surface area contributed by atoms with Crippen LogP contribution in [0, 0.1) is 0 Å². The van der Waals surface area contributed by atoms with Crippen LogP contribution in [0.4, 0.5) is 0 Å². The Kier molecular flexibility index (Phi) is 8.27. The van der Waals surface area contributed by atoms with Gasteiger partial charge in [-0.3, -0.25) is 4.79 Å². The average Bonchev–Trinajstić information content (AvgIpc) is 3.33. The number of benzene rings is 3. The van der Waals surface area contributed by atoms with Gasteiger partial charge >= 0.3 is 0 Å². The highest BCUT2D eigenvalue weighted by Gasteiger charge is 2.25. The third kappa shape index (κ3) is 6.19. The molecule has 1 aromatic heterocycles. The summed E-state index contributed by atoms with van der Waals surface area (Å²) in [4.78, 5) is 14.9. The quantitative estimate of drug-likeness (QED) is 0.242. The van der Waals surface area contributed by atoms with Crippen molar-refractivity contribution in [2.75, 3.05) is 20.8 Å². The molecule has 4 aromatic rings. The molecule has 0 saturated carbocycles. The van der Waals surface area contributed by atoms with Crippen molar-refractivity contribution >= 4 is 26.8 Å². The van der Waals surface area contributed by atoms with Gasteiger partial charge in [-0.1, -0.05) is 36.4 Å². The van der Waals surface area contributed by atoms with E-state index < -0.39 is 16.1 Å². The fraction of sp³-hybridized carbons (Fsp3) is 0.250.